The first-order chi connectivity index (χ1) is 9.17. The minimum Gasteiger partial charge on any atom is -0.392 e. The summed E-state index contributed by atoms with van der Waals surface area (Å²) in [5.74, 6) is 0.0594. The van der Waals surface area contributed by atoms with Crippen LogP contribution in [0.1, 0.15) is 30.4 Å². The molecule has 1 aliphatic heterocycles. The Kier molecular flexibility index (Phi) is 4.43. The van der Waals surface area contributed by atoms with Crippen molar-refractivity contribution in [2.24, 2.45) is 0 Å². The lowest BCUT2D eigenvalue weighted by molar-refractivity contribution is -0.122. The van der Waals surface area contributed by atoms with Gasteiger partial charge in [0.25, 0.3) is 0 Å². The third-order valence-electron chi connectivity index (χ3n) is 3.77. The number of nitrogens with one attached hydrogen (secondary N) is 1. The minimum absolute atomic E-state index is 0.00791. The zero-order valence-corrected chi connectivity index (χ0v) is 11.6. The molecule has 0 aromatic heterocycles. The molecule has 104 valence electrons. The highest BCUT2D eigenvalue weighted by Crippen LogP contribution is 2.29. The second-order valence-electron chi connectivity index (χ2n) is 5.11. The normalized spacial score (nSPS) is 19.3. The maximum absolute atomic E-state index is 12.0. The fraction of sp³-hybridized carbons (Fsp3) is 0.533. The highest BCUT2D eigenvalue weighted by molar-refractivity contribution is 5.85. The molecular formula is C15H22N2O2. The Balaban J connectivity index is 2.34. The third-order valence-corrected chi connectivity index (χ3v) is 3.77. The second kappa shape index (κ2) is 6.06. The molecule has 1 fully saturated rings. The Bertz CT molecular complexity index is 459. The van der Waals surface area contributed by atoms with Crippen LogP contribution in [0.15, 0.2) is 18.2 Å². The van der Waals surface area contributed by atoms with E-state index in [2.05, 4.69) is 10.2 Å². The maximum atomic E-state index is 12.0. The van der Waals surface area contributed by atoms with Crippen LogP contribution < -0.4 is 10.2 Å². The van der Waals surface area contributed by atoms with E-state index in [4.69, 9.17) is 0 Å². The van der Waals surface area contributed by atoms with E-state index in [1.807, 2.05) is 25.1 Å². The number of aliphatic hydroxyl groups excluding tert-OH is 1. The third kappa shape index (κ3) is 2.89. The Morgan fingerprint density at radius 2 is 2.26 bits per heavy atom. The van der Waals surface area contributed by atoms with E-state index >= 15 is 0 Å². The van der Waals surface area contributed by atoms with Crippen LogP contribution in [0.25, 0.3) is 0 Å². The van der Waals surface area contributed by atoms with E-state index in [9.17, 15) is 9.90 Å². The van der Waals surface area contributed by atoms with Gasteiger partial charge >= 0.3 is 0 Å². The van der Waals surface area contributed by atoms with Gasteiger partial charge in [-0.1, -0.05) is 17.7 Å². The second-order valence-corrected chi connectivity index (χ2v) is 5.11. The number of amides is 1. The van der Waals surface area contributed by atoms with Gasteiger partial charge in [-0.3, -0.25) is 4.79 Å². The average molecular weight is 262 g/mol. The Morgan fingerprint density at radius 1 is 1.47 bits per heavy atom. The van der Waals surface area contributed by atoms with Crippen LogP contribution in [-0.2, 0) is 11.4 Å². The van der Waals surface area contributed by atoms with E-state index < -0.39 is 0 Å². The zero-order chi connectivity index (χ0) is 13.8. The number of hydrogen-bond acceptors (Lipinski definition) is 3. The van der Waals surface area contributed by atoms with Gasteiger partial charge in [0.15, 0.2) is 0 Å². The highest BCUT2D eigenvalue weighted by atomic mass is 16.3. The molecule has 0 saturated carbocycles. The van der Waals surface area contributed by atoms with Gasteiger partial charge in [0, 0.05) is 24.8 Å². The van der Waals surface area contributed by atoms with E-state index in [1.54, 1.807) is 7.05 Å². The van der Waals surface area contributed by atoms with Crippen molar-refractivity contribution in [1.29, 1.82) is 0 Å². The molecule has 0 radical (unpaired) electrons. The largest absolute Gasteiger partial charge is 0.392 e. The Hall–Kier alpha value is -1.55. The smallest absolute Gasteiger partial charge is 0.242 e. The maximum Gasteiger partial charge on any atom is 0.242 e. The number of aryl methyl sites for hydroxylation is 1. The van der Waals surface area contributed by atoms with Crippen molar-refractivity contribution in [1.82, 2.24) is 5.32 Å². The minimum atomic E-state index is -0.119. The summed E-state index contributed by atoms with van der Waals surface area (Å²) >= 11 is 0. The number of rotatable bonds is 3. The predicted octanol–water partition coefficient (Wildman–Crippen LogP) is 1.59. The molecule has 2 N–H and O–H groups in total. The molecule has 19 heavy (non-hydrogen) atoms. The fourth-order valence-electron chi connectivity index (χ4n) is 2.78. The van der Waals surface area contributed by atoms with Gasteiger partial charge in [-0.15, -0.1) is 0 Å². The van der Waals surface area contributed by atoms with Crippen LogP contribution in [-0.4, -0.2) is 30.6 Å². The lowest BCUT2D eigenvalue weighted by atomic mass is 9.98. The van der Waals surface area contributed by atoms with Gasteiger partial charge in [-0.25, -0.2) is 0 Å². The van der Waals surface area contributed by atoms with Crippen LogP contribution in [0.3, 0.4) is 0 Å². The van der Waals surface area contributed by atoms with Crippen molar-refractivity contribution < 1.29 is 9.90 Å². The van der Waals surface area contributed by atoms with Crippen molar-refractivity contribution in [2.45, 2.75) is 38.8 Å². The molecule has 0 spiro atoms. The number of aliphatic hydroxyl groups is 1. The Morgan fingerprint density at radius 3 is 2.95 bits per heavy atom. The van der Waals surface area contributed by atoms with Gasteiger partial charge in [0.05, 0.1) is 6.61 Å². The summed E-state index contributed by atoms with van der Waals surface area (Å²) in [5.41, 5.74) is 3.01. The van der Waals surface area contributed by atoms with Gasteiger partial charge < -0.3 is 15.3 Å². The molecule has 0 aliphatic carbocycles. The molecular weight excluding hydrogens is 240 g/mol. The quantitative estimate of drug-likeness (QED) is 0.870. The lowest BCUT2D eigenvalue weighted by Crippen LogP contribution is -2.49. The SMILES string of the molecule is CNC(=O)C1CCCCN1c1ccc(C)cc1CO. The first-order valence-corrected chi connectivity index (χ1v) is 6.86. The standard InChI is InChI=1S/C15H22N2O2/c1-11-6-7-13(12(9-11)10-18)17-8-4-3-5-14(17)15(19)16-2/h6-7,9,14,18H,3-5,8,10H2,1-2H3,(H,16,19). The van der Waals surface area contributed by atoms with Crippen molar-refractivity contribution in [3.05, 3.63) is 29.3 Å². The fourth-order valence-corrected chi connectivity index (χ4v) is 2.78. The van der Waals surface area contributed by atoms with E-state index in [1.165, 1.54) is 0 Å². The number of hydrogen-bond donors (Lipinski definition) is 2. The number of likely N-dealkylation sites (N-methyl/N-ethyl adjacent to an activating group) is 1. The van der Waals surface area contributed by atoms with Crippen molar-refractivity contribution in [3.63, 3.8) is 0 Å². The molecule has 1 saturated heterocycles. The average Bonchev–Trinajstić information content (AvgIpc) is 2.46. The molecule has 1 aromatic carbocycles. The highest BCUT2D eigenvalue weighted by Gasteiger charge is 2.29. The summed E-state index contributed by atoms with van der Waals surface area (Å²) in [6, 6.07) is 5.92. The van der Waals surface area contributed by atoms with Crippen LogP contribution in [0.5, 0.6) is 0 Å². The van der Waals surface area contributed by atoms with Crippen LogP contribution in [0.2, 0.25) is 0 Å². The summed E-state index contributed by atoms with van der Waals surface area (Å²) in [6.45, 7) is 2.89. The summed E-state index contributed by atoms with van der Waals surface area (Å²) in [6.07, 6.45) is 3.04. The van der Waals surface area contributed by atoms with Crippen molar-refractivity contribution >= 4 is 11.6 Å². The van der Waals surface area contributed by atoms with E-state index in [-0.39, 0.29) is 18.6 Å². The molecule has 1 atom stereocenters. The van der Waals surface area contributed by atoms with E-state index in [0.29, 0.717) is 0 Å². The monoisotopic (exact) mass is 262 g/mol. The van der Waals surface area contributed by atoms with Crippen LogP contribution in [0.4, 0.5) is 5.69 Å². The molecule has 4 heteroatoms. The number of anilines is 1. The summed E-state index contributed by atoms with van der Waals surface area (Å²) < 4.78 is 0. The number of nitrogens with zero attached hydrogens (tertiary/aromatic N) is 1. The molecule has 1 aliphatic rings. The summed E-state index contributed by atoms with van der Waals surface area (Å²) in [5, 5.41) is 12.3. The number of benzene rings is 1. The molecule has 0 bridgehead atoms. The molecule has 4 nitrogen and oxygen atoms in total. The molecule has 2 rings (SSSR count). The number of piperidine rings is 1. The number of carbonyl (C=O) groups is 1. The summed E-state index contributed by atoms with van der Waals surface area (Å²) in [4.78, 5) is 14.1. The van der Waals surface area contributed by atoms with Gasteiger partial charge in [-0.2, -0.15) is 0 Å². The number of carbonyl (C=O) groups excluding carboxylic acids is 1. The zero-order valence-electron chi connectivity index (χ0n) is 11.6. The van der Waals surface area contributed by atoms with Crippen LogP contribution >= 0.6 is 0 Å². The van der Waals surface area contributed by atoms with Crippen LogP contribution in [0, 0.1) is 6.92 Å². The molecule has 1 amide bonds. The lowest BCUT2D eigenvalue weighted by Gasteiger charge is -2.37. The Labute approximate surface area is 114 Å². The predicted molar refractivity (Wildman–Crippen MR) is 76.2 cm³/mol. The molecule has 1 heterocycles. The molecule has 1 aromatic rings. The van der Waals surface area contributed by atoms with Gasteiger partial charge in [0.2, 0.25) is 5.91 Å². The van der Waals surface area contributed by atoms with Gasteiger partial charge in [0.1, 0.15) is 6.04 Å². The van der Waals surface area contributed by atoms with E-state index in [0.717, 1.165) is 42.6 Å². The molecule has 1 unspecified atom stereocenters. The van der Waals surface area contributed by atoms with Gasteiger partial charge in [-0.05, 0) is 32.3 Å². The first kappa shape index (κ1) is 13.9. The topological polar surface area (TPSA) is 52.6 Å². The van der Waals surface area contributed by atoms with Crippen molar-refractivity contribution in [3.8, 4) is 0 Å². The first-order valence-electron chi connectivity index (χ1n) is 6.86. The van der Waals surface area contributed by atoms with Crippen molar-refractivity contribution in [2.75, 3.05) is 18.5 Å². The summed E-state index contributed by atoms with van der Waals surface area (Å²) in [7, 11) is 1.68.